The summed E-state index contributed by atoms with van der Waals surface area (Å²) in [6.07, 6.45) is 10.3. The van der Waals surface area contributed by atoms with Crippen LogP contribution in [0.4, 0.5) is 5.69 Å². The third kappa shape index (κ3) is 4.28. The number of nitrogens with zero attached hydrogens (tertiary/aromatic N) is 2. The van der Waals surface area contributed by atoms with Crippen LogP contribution >= 0.6 is 23.2 Å². The maximum atomic E-state index is 13.2. The molecule has 7 nitrogen and oxygen atoms in total. The fourth-order valence-corrected chi connectivity index (χ4v) is 6.14. The molecule has 1 amide bonds. The number of ketones is 1. The van der Waals surface area contributed by atoms with E-state index in [1.165, 1.54) is 19.5 Å². The normalized spacial score (nSPS) is 18.8. The van der Waals surface area contributed by atoms with Gasteiger partial charge in [-0.15, -0.1) is 0 Å². The number of nitrogens with one attached hydrogen (secondary N) is 1. The molecule has 1 aromatic carbocycles. The third-order valence-electron chi connectivity index (χ3n) is 7.58. The molecule has 188 valence electrons. The molecule has 1 saturated carbocycles. The van der Waals surface area contributed by atoms with Gasteiger partial charge in [0.1, 0.15) is 6.04 Å². The molecule has 0 saturated heterocycles. The number of halogens is 2. The Bertz CT molecular complexity index is 1250. The second-order valence-corrected chi connectivity index (χ2v) is 10.5. The summed E-state index contributed by atoms with van der Waals surface area (Å²) in [5, 5.41) is 3.76. The van der Waals surface area contributed by atoms with E-state index in [1.54, 1.807) is 11.0 Å². The first-order valence-corrected chi connectivity index (χ1v) is 12.9. The fraction of sp³-hybridized carbons (Fsp3) is 0.407. The van der Waals surface area contributed by atoms with Crippen molar-refractivity contribution in [1.82, 2.24) is 10.3 Å². The minimum atomic E-state index is -0.611. The molecule has 3 aliphatic rings. The Kier molecular flexibility index (Phi) is 6.79. The van der Waals surface area contributed by atoms with E-state index in [0.717, 1.165) is 54.6 Å². The lowest BCUT2D eigenvalue weighted by Crippen LogP contribution is -2.52. The van der Waals surface area contributed by atoms with E-state index in [9.17, 15) is 14.4 Å². The molecular formula is C27H27Cl2N3O4. The number of carbonyl (C=O) groups excluding carboxylic acids is 3. The average molecular weight is 528 g/mol. The Morgan fingerprint density at radius 2 is 1.89 bits per heavy atom. The second kappa shape index (κ2) is 9.87. The van der Waals surface area contributed by atoms with Crippen LogP contribution in [0.3, 0.4) is 0 Å². The van der Waals surface area contributed by atoms with Gasteiger partial charge in [0.05, 0.1) is 28.1 Å². The minimum absolute atomic E-state index is 0.157. The summed E-state index contributed by atoms with van der Waals surface area (Å²) in [6, 6.07) is 5.21. The molecule has 1 unspecified atom stereocenters. The van der Waals surface area contributed by atoms with Crippen LogP contribution in [0.25, 0.3) is 0 Å². The highest BCUT2D eigenvalue weighted by atomic mass is 35.5. The lowest BCUT2D eigenvalue weighted by molar-refractivity contribution is -0.143. The van der Waals surface area contributed by atoms with E-state index in [0.29, 0.717) is 19.4 Å². The van der Waals surface area contributed by atoms with Gasteiger partial charge in [0, 0.05) is 42.8 Å². The molecule has 9 heteroatoms. The molecule has 1 aliphatic heterocycles. The van der Waals surface area contributed by atoms with Gasteiger partial charge in [-0.1, -0.05) is 54.6 Å². The van der Waals surface area contributed by atoms with Crippen LogP contribution in [0.15, 0.2) is 42.4 Å². The average Bonchev–Trinajstić information content (AvgIpc) is 3.31. The molecule has 36 heavy (non-hydrogen) atoms. The van der Waals surface area contributed by atoms with Crippen LogP contribution in [0, 0.1) is 5.41 Å². The summed E-state index contributed by atoms with van der Waals surface area (Å²) in [5.74, 6) is -0.488. The number of amides is 1. The van der Waals surface area contributed by atoms with Crippen molar-refractivity contribution >= 4 is 46.5 Å². The van der Waals surface area contributed by atoms with Gasteiger partial charge in [-0.3, -0.25) is 14.6 Å². The van der Waals surface area contributed by atoms with Crippen molar-refractivity contribution in [2.24, 2.45) is 5.41 Å². The van der Waals surface area contributed by atoms with Gasteiger partial charge in [0.15, 0.2) is 5.78 Å². The van der Waals surface area contributed by atoms with Crippen molar-refractivity contribution in [3.05, 3.63) is 69.1 Å². The van der Waals surface area contributed by atoms with Crippen LogP contribution in [0.2, 0.25) is 10.0 Å². The first-order chi connectivity index (χ1) is 17.3. The van der Waals surface area contributed by atoms with Gasteiger partial charge in [-0.2, -0.15) is 0 Å². The van der Waals surface area contributed by atoms with Crippen molar-refractivity contribution < 1.29 is 19.1 Å². The molecule has 1 spiro atoms. The molecule has 1 fully saturated rings. The molecule has 1 aromatic heterocycles. The van der Waals surface area contributed by atoms with Gasteiger partial charge in [0.25, 0.3) is 5.91 Å². The number of pyridine rings is 1. The van der Waals surface area contributed by atoms with Gasteiger partial charge < -0.3 is 15.0 Å². The van der Waals surface area contributed by atoms with Gasteiger partial charge in [-0.25, -0.2) is 4.79 Å². The van der Waals surface area contributed by atoms with Crippen molar-refractivity contribution in [3.8, 4) is 0 Å². The van der Waals surface area contributed by atoms with Crippen LogP contribution in [-0.4, -0.2) is 42.3 Å². The summed E-state index contributed by atoms with van der Waals surface area (Å²) in [4.78, 5) is 43.9. The number of methoxy groups -OCH3 is 1. The zero-order valence-corrected chi connectivity index (χ0v) is 21.5. The SMILES string of the molecule is COC(=O)C(Cc1ccc2c(c1)CCN2C(=O)c1c(Cl)cncc1Cl)NC1=CC(=O)C12CCCCC2. The predicted octanol–water partition coefficient (Wildman–Crippen LogP) is 4.68. The molecule has 5 rings (SSSR count). The summed E-state index contributed by atoms with van der Waals surface area (Å²) in [7, 11) is 1.37. The highest BCUT2D eigenvalue weighted by molar-refractivity contribution is 6.40. The Morgan fingerprint density at radius 3 is 2.56 bits per heavy atom. The lowest BCUT2D eigenvalue weighted by atomic mass is 9.62. The van der Waals surface area contributed by atoms with Crippen LogP contribution in [-0.2, 0) is 27.2 Å². The number of benzene rings is 1. The summed E-state index contributed by atoms with van der Waals surface area (Å²) >= 11 is 12.4. The van der Waals surface area contributed by atoms with Crippen LogP contribution < -0.4 is 10.2 Å². The Hall–Kier alpha value is -2.90. The fourth-order valence-electron chi connectivity index (χ4n) is 5.62. The van der Waals surface area contributed by atoms with Crippen LogP contribution in [0.1, 0.15) is 53.6 Å². The van der Waals surface area contributed by atoms with Crippen molar-refractivity contribution in [2.75, 3.05) is 18.6 Å². The molecule has 2 aromatic rings. The smallest absolute Gasteiger partial charge is 0.328 e. The molecule has 0 radical (unpaired) electrons. The molecule has 1 atom stereocenters. The third-order valence-corrected chi connectivity index (χ3v) is 8.15. The second-order valence-electron chi connectivity index (χ2n) is 9.64. The quantitative estimate of drug-likeness (QED) is 0.548. The zero-order chi connectivity index (χ0) is 25.4. The van der Waals surface area contributed by atoms with Gasteiger partial charge in [-0.05, 0) is 36.5 Å². The monoisotopic (exact) mass is 527 g/mol. The van der Waals surface area contributed by atoms with E-state index in [2.05, 4.69) is 10.3 Å². The Balaban J connectivity index is 1.34. The van der Waals surface area contributed by atoms with E-state index in [1.807, 2.05) is 18.2 Å². The number of aromatic nitrogens is 1. The number of rotatable bonds is 6. The minimum Gasteiger partial charge on any atom is -0.467 e. The lowest BCUT2D eigenvalue weighted by Gasteiger charge is -2.44. The summed E-state index contributed by atoms with van der Waals surface area (Å²) < 4.78 is 5.07. The van der Waals surface area contributed by atoms with Crippen molar-refractivity contribution in [1.29, 1.82) is 0 Å². The van der Waals surface area contributed by atoms with Crippen LogP contribution in [0.5, 0.6) is 0 Å². The number of esters is 1. The van der Waals surface area contributed by atoms with E-state index >= 15 is 0 Å². The number of fused-ring (bicyclic) bond motifs is 1. The molecular weight excluding hydrogens is 501 g/mol. The van der Waals surface area contributed by atoms with E-state index in [-0.39, 0.29) is 33.3 Å². The topological polar surface area (TPSA) is 88.6 Å². The van der Waals surface area contributed by atoms with Gasteiger partial charge >= 0.3 is 5.97 Å². The highest BCUT2D eigenvalue weighted by Crippen LogP contribution is 2.48. The number of hydrogen-bond donors (Lipinski definition) is 1. The van der Waals surface area contributed by atoms with Gasteiger partial charge in [0.2, 0.25) is 0 Å². The maximum Gasteiger partial charge on any atom is 0.328 e. The number of hydrogen-bond acceptors (Lipinski definition) is 6. The molecule has 2 heterocycles. The zero-order valence-electron chi connectivity index (χ0n) is 20.0. The number of anilines is 1. The summed E-state index contributed by atoms with van der Waals surface area (Å²) in [6.45, 7) is 0.503. The maximum absolute atomic E-state index is 13.2. The first-order valence-electron chi connectivity index (χ1n) is 12.2. The summed E-state index contributed by atoms with van der Waals surface area (Å²) in [5.41, 5.74) is 3.37. The highest BCUT2D eigenvalue weighted by Gasteiger charge is 2.49. The van der Waals surface area contributed by atoms with Crippen molar-refractivity contribution in [3.63, 3.8) is 0 Å². The molecule has 0 bridgehead atoms. The number of allylic oxidation sites excluding steroid dienone is 2. The van der Waals surface area contributed by atoms with Crippen molar-refractivity contribution in [2.45, 2.75) is 51.0 Å². The Labute approximate surface area is 219 Å². The number of ether oxygens (including phenoxy) is 1. The predicted molar refractivity (Wildman–Crippen MR) is 137 cm³/mol. The number of carbonyl (C=O) groups is 3. The molecule has 2 aliphatic carbocycles. The van der Waals surface area contributed by atoms with E-state index in [4.69, 9.17) is 27.9 Å². The molecule has 1 N–H and O–H groups in total. The Morgan fingerprint density at radius 1 is 1.17 bits per heavy atom. The largest absolute Gasteiger partial charge is 0.467 e. The standard InChI is InChI=1S/C27H27Cl2N3O4/c1-36-26(35)20(31-22-13-23(33)27(22)8-3-2-4-9-27)12-16-5-6-21-17(11-16)7-10-32(21)25(34)24-18(28)14-30-15-19(24)29/h5-6,11,13-15,20,31H,2-4,7-10,12H2,1H3. The van der Waals surface area contributed by atoms with E-state index < -0.39 is 11.5 Å². The first kappa shape index (κ1) is 24.8.